The molecule has 0 bridgehead atoms. The van der Waals surface area contributed by atoms with Gasteiger partial charge in [0.1, 0.15) is 29.6 Å². The number of ketones is 1. The summed E-state index contributed by atoms with van der Waals surface area (Å²) in [6.07, 6.45) is -5.48. The first kappa shape index (κ1) is 32.5. The third-order valence-electron chi connectivity index (χ3n) is 7.36. The van der Waals surface area contributed by atoms with Crippen molar-refractivity contribution in [1.82, 2.24) is 19.7 Å². The molecular formula is C30H23BrF8N4O2. The summed E-state index contributed by atoms with van der Waals surface area (Å²) in [6.45, 7) is -1.03. The molecule has 1 aliphatic carbocycles. The van der Waals surface area contributed by atoms with Gasteiger partial charge in [-0.3, -0.25) is 14.5 Å². The first-order chi connectivity index (χ1) is 21.2. The van der Waals surface area contributed by atoms with Gasteiger partial charge < -0.3 is 4.74 Å². The summed E-state index contributed by atoms with van der Waals surface area (Å²) in [7, 11) is 1.42. The van der Waals surface area contributed by atoms with Crippen molar-refractivity contribution in [3.63, 3.8) is 0 Å². The first-order valence-corrected chi connectivity index (χ1v) is 14.3. The molecule has 1 aliphatic rings. The fourth-order valence-electron chi connectivity index (χ4n) is 5.41. The Morgan fingerprint density at radius 1 is 1.00 bits per heavy atom. The Bertz CT molecular complexity index is 1730. The van der Waals surface area contributed by atoms with Crippen LogP contribution in [0, 0.1) is 11.6 Å². The second-order valence-electron chi connectivity index (χ2n) is 10.5. The molecule has 0 unspecified atom stereocenters. The molecule has 0 aliphatic heterocycles. The van der Waals surface area contributed by atoms with E-state index in [4.69, 9.17) is 4.74 Å². The van der Waals surface area contributed by atoms with E-state index in [1.54, 1.807) is 24.3 Å². The van der Waals surface area contributed by atoms with Crippen molar-refractivity contribution in [1.29, 1.82) is 0 Å². The molecule has 3 aromatic heterocycles. The number of benzene rings is 1. The predicted octanol–water partition coefficient (Wildman–Crippen LogP) is 8.29. The summed E-state index contributed by atoms with van der Waals surface area (Å²) in [4.78, 5) is 22.1. The number of fused-ring (bicyclic) bond motifs is 1. The Labute approximate surface area is 259 Å². The lowest BCUT2D eigenvalue weighted by molar-refractivity contribution is -0.121. The van der Waals surface area contributed by atoms with Crippen LogP contribution in [-0.2, 0) is 29.6 Å². The second kappa shape index (κ2) is 12.5. The lowest BCUT2D eigenvalue weighted by Gasteiger charge is -2.29. The molecule has 0 N–H and O–H groups in total. The van der Waals surface area contributed by atoms with Crippen LogP contribution in [0.25, 0.3) is 11.3 Å². The molecule has 5 rings (SSSR count). The molecule has 15 heteroatoms. The number of methoxy groups -OCH3 is 1. The van der Waals surface area contributed by atoms with Crippen LogP contribution in [0.3, 0.4) is 0 Å². The van der Waals surface area contributed by atoms with Crippen LogP contribution in [0.1, 0.15) is 59.8 Å². The number of hydrogen-bond acceptors (Lipinski definition) is 5. The van der Waals surface area contributed by atoms with Crippen molar-refractivity contribution in [3.8, 4) is 17.1 Å². The second-order valence-corrected chi connectivity index (χ2v) is 11.4. The summed E-state index contributed by atoms with van der Waals surface area (Å²) in [5, 5.41) is 3.34. The van der Waals surface area contributed by atoms with Crippen LogP contribution in [0.15, 0.2) is 53.1 Å². The SMILES string of the molecule is COc1cc(-c2ccc(Br)c([C@@H](CC(=O)Cn3nc(C(F)F)c4c3C(F)(F)CCC4(F)F)Cc3cc(F)cc(F)c3)n2)ccn1. The maximum Gasteiger partial charge on any atom is 0.290 e. The number of hydrogen-bond donors (Lipinski definition) is 0. The predicted molar refractivity (Wildman–Crippen MR) is 148 cm³/mol. The number of nitrogens with zero attached hydrogens (tertiary/aromatic N) is 4. The Kier molecular flexibility index (Phi) is 9.02. The monoisotopic (exact) mass is 702 g/mol. The molecule has 0 saturated carbocycles. The zero-order chi connectivity index (χ0) is 32.7. The summed E-state index contributed by atoms with van der Waals surface area (Å²) in [5.74, 6) is -11.2. The van der Waals surface area contributed by atoms with Gasteiger partial charge >= 0.3 is 0 Å². The molecule has 0 radical (unpaired) electrons. The fourth-order valence-corrected chi connectivity index (χ4v) is 5.95. The van der Waals surface area contributed by atoms with Gasteiger partial charge in [0.05, 0.1) is 24.1 Å². The highest BCUT2D eigenvalue weighted by Crippen LogP contribution is 2.52. The van der Waals surface area contributed by atoms with Crippen LogP contribution in [-0.4, -0.2) is 32.6 Å². The molecule has 1 aromatic carbocycles. The van der Waals surface area contributed by atoms with Crippen LogP contribution in [0.4, 0.5) is 35.1 Å². The third-order valence-corrected chi connectivity index (χ3v) is 8.03. The summed E-state index contributed by atoms with van der Waals surface area (Å²) < 4.78 is 120. The van der Waals surface area contributed by atoms with Gasteiger partial charge in [-0.05, 0) is 58.2 Å². The number of rotatable bonds is 10. The van der Waals surface area contributed by atoms with E-state index in [-0.39, 0.29) is 28.2 Å². The van der Waals surface area contributed by atoms with Crippen LogP contribution in [0.2, 0.25) is 0 Å². The quantitative estimate of drug-likeness (QED) is 0.156. The minimum Gasteiger partial charge on any atom is -0.481 e. The number of halogens is 9. The summed E-state index contributed by atoms with van der Waals surface area (Å²) in [5.41, 5.74) is -3.16. The standard InChI is InChI=1S/C30H23BrF8N4O2/c1-45-23-12-16(4-7-40-23)22-3-2-21(31)25(41-22)17(8-15-9-18(32)13-19(33)10-15)11-20(44)14-43-27-24(26(42-43)28(34)35)29(36,37)5-6-30(27,38)39/h2-4,7,9-10,12-13,17,28H,5-6,8,11,14H2,1H3/t17-/m1/s1. The van der Waals surface area contributed by atoms with E-state index in [1.165, 1.54) is 13.3 Å². The maximum atomic E-state index is 14.9. The van der Waals surface area contributed by atoms with Crippen molar-refractivity contribution >= 4 is 21.7 Å². The van der Waals surface area contributed by atoms with Crippen molar-refractivity contribution in [2.24, 2.45) is 0 Å². The highest BCUT2D eigenvalue weighted by Gasteiger charge is 2.55. The van der Waals surface area contributed by atoms with Gasteiger partial charge in [0.2, 0.25) is 5.88 Å². The van der Waals surface area contributed by atoms with Gasteiger partial charge in [-0.15, -0.1) is 0 Å². The van der Waals surface area contributed by atoms with Crippen molar-refractivity contribution in [2.75, 3.05) is 7.11 Å². The number of aromatic nitrogens is 4. The third kappa shape index (κ3) is 6.87. The van der Waals surface area contributed by atoms with Gasteiger partial charge in [-0.1, -0.05) is 0 Å². The molecule has 1 atom stereocenters. The average molecular weight is 703 g/mol. The molecule has 3 heterocycles. The van der Waals surface area contributed by atoms with Crippen LogP contribution in [0.5, 0.6) is 5.88 Å². The fraction of sp³-hybridized carbons (Fsp3) is 0.333. The number of Topliss-reactive ketones (excluding diaryl/α,β-unsaturated/α-hetero) is 1. The molecule has 0 spiro atoms. The van der Waals surface area contributed by atoms with Gasteiger partial charge in [0, 0.05) is 53.5 Å². The normalized spacial score (nSPS) is 16.0. The number of carbonyl (C=O) groups excluding carboxylic acids is 1. The molecule has 0 amide bonds. The Morgan fingerprint density at radius 3 is 2.36 bits per heavy atom. The molecule has 6 nitrogen and oxygen atoms in total. The first-order valence-electron chi connectivity index (χ1n) is 13.5. The largest absolute Gasteiger partial charge is 0.481 e. The van der Waals surface area contributed by atoms with Crippen molar-refractivity contribution in [2.45, 2.75) is 56.4 Å². The van der Waals surface area contributed by atoms with E-state index in [0.29, 0.717) is 21.8 Å². The van der Waals surface area contributed by atoms with E-state index in [2.05, 4.69) is 31.0 Å². The molecular weight excluding hydrogens is 680 g/mol. The summed E-state index contributed by atoms with van der Waals surface area (Å²) in [6, 6.07) is 9.26. The molecule has 4 aromatic rings. The zero-order valence-electron chi connectivity index (χ0n) is 23.3. The Morgan fingerprint density at radius 2 is 1.69 bits per heavy atom. The van der Waals surface area contributed by atoms with Crippen LogP contribution >= 0.6 is 15.9 Å². The molecule has 0 fully saturated rings. The van der Waals surface area contributed by atoms with Gasteiger partial charge in [0.25, 0.3) is 18.3 Å². The highest BCUT2D eigenvalue weighted by molar-refractivity contribution is 9.10. The Balaban J connectivity index is 1.54. The van der Waals surface area contributed by atoms with Gasteiger partial charge in [-0.2, -0.15) is 13.9 Å². The Hall–Kier alpha value is -3.88. The number of alkyl halides is 6. The van der Waals surface area contributed by atoms with E-state index in [9.17, 15) is 39.9 Å². The van der Waals surface area contributed by atoms with Gasteiger partial charge in [-0.25, -0.2) is 31.3 Å². The van der Waals surface area contributed by atoms with E-state index in [0.717, 1.165) is 12.1 Å². The van der Waals surface area contributed by atoms with Crippen LogP contribution < -0.4 is 4.74 Å². The average Bonchev–Trinajstić information content (AvgIpc) is 3.37. The lowest BCUT2D eigenvalue weighted by Crippen LogP contribution is -2.33. The summed E-state index contributed by atoms with van der Waals surface area (Å²) >= 11 is 3.38. The zero-order valence-corrected chi connectivity index (χ0v) is 24.9. The van der Waals surface area contributed by atoms with E-state index >= 15 is 0 Å². The number of pyridine rings is 2. The van der Waals surface area contributed by atoms with E-state index in [1.807, 2.05) is 0 Å². The minimum atomic E-state index is -4.00. The van der Waals surface area contributed by atoms with Crippen molar-refractivity contribution in [3.05, 3.63) is 93.0 Å². The van der Waals surface area contributed by atoms with Crippen molar-refractivity contribution < 1.29 is 44.7 Å². The minimum absolute atomic E-state index is 0.137. The topological polar surface area (TPSA) is 69.9 Å². The smallest absolute Gasteiger partial charge is 0.290 e. The molecule has 45 heavy (non-hydrogen) atoms. The number of carbonyl (C=O) groups is 1. The highest BCUT2D eigenvalue weighted by atomic mass is 79.9. The van der Waals surface area contributed by atoms with Gasteiger partial charge in [0.15, 0.2) is 5.78 Å². The molecule has 0 saturated heterocycles. The lowest BCUT2D eigenvalue weighted by atomic mass is 9.88. The maximum absolute atomic E-state index is 14.9. The molecule has 238 valence electrons. The van der Waals surface area contributed by atoms with E-state index < -0.39 is 84.4 Å². The number of ether oxygens (including phenoxy) is 1.